The number of hydrogen-bond acceptors (Lipinski definition) is 2. The van der Waals surface area contributed by atoms with E-state index in [4.69, 9.17) is 0 Å². The average Bonchev–Trinajstić information content (AvgIpc) is 2.41. The predicted molar refractivity (Wildman–Crippen MR) is 76.9 cm³/mol. The van der Waals surface area contributed by atoms with Gasteiger partial charge in [0.1, 0.15) is 0 Å². The van der Waals surface area contributed by atoms with Crippen molar-refractivity contribution in [2.75, 3.05) is 18.0 Å². The van der Waals surface area contributed by atoms with Crippen molar-refractivity contribution in [2.45, 2.75) is 39.7 Å². The fourth-order valence-electron chi connectivity index (χ4n) is 2.76. The zero-order chi connectivity index (χ0) is 13.1. The third-order valence-corrected chi connectivity index (χ3v) is 4.36. The second-order valence-corrected chi connectivity index (χ2v) is 5.67. The minimum absolute atomic E-state index is 0.337. The standard InChI is InChI=1S/C16H25NO/c1-4-16(18)14-7-5-6-8-15(14)17-10-9-12(2)13(3)11-17/h5-8,12-13,16,18H,4,9-11H2,1-3H3. The summed E-state index contributed by atoms with van der Waals surface area (Å²) in [7, 11) is 0. The Morgan fingerprint density at radius 3 is 2.67 bits per heavy atom. The lowest BCUT2D eigenvalue weighted by Gasteiger charge is -2.38. The molecular weight excluding hydrogens is 222 g/mol. The molecule has 100 valence electrons. The molecule has 0 amide bonds. The monoisotopic (exact) mass is 247 g/mol. The molecular formula is C16H25NO. The van der Waals surface area contributed by atoms with Crippen LogP contribution in [0.4, 0.5) is 5.69 Å². The Labute approximate surface area is 111 Å². The van der Waals surface area contributed by atoms with Crippen molar-refractivity contribution in [3.05, 3.63) is 29.8 Å². The smallest absolute Gasteiger partial charge is 0.0807 e. The van der Waals surface area contributed by atoms with Gasteiger partial charge in [0.15, 0.2) is 0 Å². The Kier molecular flexibility index (Phi) is 4.28. The van der Waals surface area contributed by atoms with Crippen LogP contribution in [0.3, 0.4) is 0 Å². The van der Waals surface area contributed by atoms with Crippen LogP contribution in [0.5, 0.6) is 0 Å². The molecule has 1 N–H and O–H groups in total. The van der Waals surface area contributed by atoms with E-state index in [0.717, 1.165) is 36.9 Å². The molecule has 0 radical (unpaired) electrons. The van der Waals surface area contributed by atoms with Crippen molar-refractivity contribution in [3.8, 4) is 0 Å². The number of piperidine rings is 1. The van der Waals surface area contributed by atoms with Crippen LogP contribution < -0.4 is 4.90 Å². The van der Waals surface area contributed by atoms with Gasteiger partial charge in [-0.15, -0.1) is 0 Å². The SMILES string of the molecule is CCC(O)c1ccccc1N1CCC(C)C(C)C1. The predicted octanol–water partition coefficient (Wildman–Crippen LogP) is 3.61. The lowest BCUT2D eigenvalue weighted by atomic mass is 9.88. The fourth-order valence-corrected chi connectivity index (χ4v) is 2.76. The van der Waals surface area contributed by atoms with E-state index in [-0.39, 0.29) is 6.10 Å². The highest BCUT2D eigenvalue weighted by atomic mass is 16.3. The molecule has 1 fully saturated rings. The number of rotatable bonds is 3. The van der Waals surface area contributed by atoms with Gasteiger partial charge < -0.3 is 10.0 Å². The van der Waals surface area contributed by atoms with Crippen molar-refractivity contribution >= 4 is 5.69 Å². The van der Waals surface area contributed by atoms with Gasteiger partial charge in [0.05, 0.1) is 6.10 Å². The Balaban J connectivity index is 2.22. The molecule has 1 heterocycles. The summed E-state index contributed by atoms with van der Waals surface area (Å²) in [5.41, 5.74) is 2.31. The third-order valence-electron chi connectivity index (χ3n) is 4.36. The molecule has 0 saturated carbocycles. The van der Waals surface area contributed by atoms with E-state index in [9.17, 15) is 5.11 Å². The van der Waals surface area contributed by atoms with E-state index in [0.29, 0.717) is 0 Å². The molecule has 2 rings (SSSR count). The highest BCUT2D eigenvalue weighted by Crippen LogP contribution is 2.32. The molecule has 1 aliphatic heterocycles. The van der Waals surface area contributed by atoms with Crippen LogP contribution in [0.15, 0.2) is 24.3 Å². The van der Waals surface area contributed by atoms with Crippen LogP contribution in [-0.4, -0.2) is 18.2 Å². The molecule has 2 nitrogen and oxygen atoms in total. The Morgan fingerprint density at radius 2 is 2.00 bits per heavy atom. The van der Waals surface area contributed by atoms with Gasteiger partial charge in [0, 0.05) is 24.3 Å². The molecule has 2 heteroatoms. The Morgan fingerprint density at radius 1 is 1.28 bits per heavy atom. The molecule has 0 bridgehead atoms. The van der Waals surface area contributed by atoms with E-state index in [2.05, 4.69) is 36.9 Å². The van der Waals surface area contributed by atoms with Crippen LogP contribution in [0.1, 0.15) is 45.3 Å². The summed E-state index contributed by atoms with van der Waals surface area (Å²) in [6.07, 6.45) is 1.69. The van der Waals surface area contributed by atoms with Gasteiger partial charge in [-0.25, -0.2) is 0 Å². The first kappa shape index (κ1) is 13.4. The van der Waals surface area contributed by atoms with Crippen molar-refractivity contribution < 1.29 is 5.11 Å². The van der Waals surface area contributed by atoms with Crippen LogP contribution in [0, 0.1) is 11.8 Å². The number of para-hydroxylation sites is 1. The number of aliphatic hydroxyl groups is 1. The summed E-state index contributed by atoms with van der Waals surface area (Å²) in [5.74, 6) is 1.54. The summed E-state index contributed by atoms with van der Waals surface area (Å²) in [6.45, 7) is 8.92. The van der Waals surface area contributed by atoms with Crippen molar-refractivity contribution in [1.29, 1.82) is 0 Å². The first-order chi connectivity index (χ1) is 8.63. The fraction of sp³-hybridized carbons (Fsp3) is 0.625. The third kappa shape index (κ3) is 2.69. The maximum Gasteiger partial charge on any atom is 0.0807 e. The number of anilines is 1. The first-order valence-corrected chi connectivity index (χ1v) is 7.15. The van der Waals surface area contributed by atoms with Crippen LogP contribution in [0.25, 0.3) is 0 Å². The topological polar surface area (TPSA) is 23.5 Å². The van der Waals surface area contributed by atoms with Crippen LogP contribution >= 0.6 is 0 Å². The second-order valence-electron chi connectivity index (χ2n) is 5.67. The van der Waals surface area contributed by atoms with Gasteiger partial charge in [0.25, 0.3) is 0 Å². The van der Waals surface area contributed by atoms with Crippen LogP contribution in [-0.2, 0) is 0 Å². The molecule has 0 aliphatic carbocycles. The molecule has 1 aliphatic rings. The maximum absolute atomic E-state index is 10.1. The minimum Gasteiger partial charge on any atom is -0.388 e. The molecule has 1 aromatic carbocycles. The van der Waals surface area contributed by atoms with Crippen molar-refractivity contribution in [3.63, 3.8) is 0 Å². The summed E-state index contributed by atoms with van der Waals surface area (Å²) < 4.78 is 0. The molecule has 0 aromatic heterocycles. The van der Waals surface area contributed by atoms with Gasteiger partial charge in [-0.05, 0) is 30.7 Å². The molecule has 3 unspecified atom stereocenters. The maximum atomic E-state index is 10.1. The normalized spacial score (nSPS) is 26.1. The van der Waals surface area contributed by atoms with Gasteiger partial charge in [-0.3, -0.25) is 0 Å². The van der Waals surface area contributed by atoms with E-state index in [1.54, 1.807) is 0 Å². The molecule has 1 aromatic rings. The largest absolute Gasteiger partial charge is 0.388 e. The minimum atomic E-state index is -0.337. The highest BCUT2D eigenvalue weighted by Gasteiger charge is 2.24. The van der Waals surface area contributed by atoms with E-state index in [1.807, 2.05) is 13.0 Å². The molecule has 1 saturated heterocycles. The van der Waals surface area contributed by atoms with Gasteiger partial charge in [-0.2, -0.15) is 0 Å². The number of aliphatic hydroxyl groups excluding tert-OH is 1. The second kappa shape index (κ2) is 5.75. The van der Waals surface area contributed by atoms with Gasteiger partial charge >= 0.3 is 0 Å². The number of hydrogen-bond donors (Lipinski definition) is 1. The zero-order valence-corrected chi connectivity index (χ0v) is 11.8. The Bertz CT molecular complexity index is 390. The lowest BCUT2D eigenvalue weighted by molar-refractivity contribution is 0.173. The zero-order valence-electron chi connectivity index (χ0n) is 11.8. The van der Waals surface area contributed by atoms with E-state index in [1.165, 1.54) is 12.1 Å². The number of nitrogens with zero attached hydrogens (tertiary/aromatic N) is 1. The summed E-state index contributed by atoms with van der Waals surface area (Å²) >= 11 is 0. The summed E-state index contributed by atoms with van der Waals surface area (Å²) in [4.78, 5) is 2.44. The molecule has 0 spiro atoms. The average molecular weight is 247 g/mol. The molecule has 3 atom stereocenters. The quantitative estimate of drug-likeness (QED) is 0.882. The van der Waals surface area contributed by atoms with Crippen molar-refractivity contribution in [2.24, 2.45) is 11.8 Å². The van der Waals surface area contributed by atoms with Crippen molar-refractivity contribution in [1.82, 2.24) is 0 Å². The Hall–Kier alpha value is -1.02. The highest BCUT2D eigenvalue weighted by molar-refractivity contribution is 5.55. The summed E-state index contributed by atoms with van der Waals surface area (Å²) in [5, 5.41) is 10.1. The van der Waals surface area contributed by atoms with E-state index >= 15 is 0 Å². The number of benzene rings is 1. The van der Waals surface area contributed by atoms with Crippen LogP contribution in [0.2, 0.25) is 0 Å². The van der Waals surface area contributed by atoms with Gasteiger partial charge in [0.2, 0.25) is 0 Å². The first-order valence-electron chi connectivity index (χ1n) is 7.15. The lowest BCUT2D eigenvalue weighted by Crippen LogP contribution is -2.39. The van der Waals surface area contributed by atoms with E-state index < -0.39 is 0 Å². The van der Waals surface area contributed by atoms with Gasteiger partial charge in [-0.1, -0.05) is 39.0 Å². The molecule has 18 heavy (non-hydrogen) atoms. The summed E-state index contributed by atoms with van der Waals surface area (Å²) in [6, 6.07) is 8.31.